The zero-order valence-electron chi connectivity index (χ0n) is 7.63. The lowest BCUT2D eigenvalue weighted by Crippen LogP contribution is -2.31. The van der Waals surface area contributed by atoms with E-state index >= 15 is 0 Å². The summed E-state index contributed by atoms with van der Waals surface area (Å²) < 4.78 is 13.4. The molecule has 0 bridgehead atoms. The van der Waals surface area contributed by atoms with Gasteiger partial charge in [-0.15, -0.1) is 0 Å². The SMILES string of the molecule is CC(F)(CN)Cc1cccc(O)c1. The standard InChI is InChI=1S/C10H14FNO/c1-10(11,7-12)6-8-3-2-4-9(13)5-8/h2-5,13H,6-7,12H2,1H3. The van der Waals surface area contributed by atoms with Crippen LogP contribution in [0.15, 0.2) is 24.3 Å². The summed E-state index contributed by atoms with van der Waals surface area (Å²) >= 11 is 0. The minimum atomic E-state index is -1.40. The van der Waals surface area contributed by atoms with Crippen LogP contribution in [0.2, 0.25) is 0 Å². The predicted molar refractivity (Wildman–Crippen MR) is 50.4 cm³/mol. The smallest absolute Gasteiger partial charge is 0.124 e. The fourth-order valence-electron chi connectivity index (χ4n) is 1.16. The van der Waals surface area contributed by atoms with E-state index < -0.39 is 5.67 Å². The molecule has 0 saturated carbocycles. The highest BCUT2D eigenvalue weighted by atomic mass is 19.1. The van der Waals surface area contributed by atoms with Crippen LogP contribution in [0.1, 0.15) is 12.5 Å². The van der Waals surface area contributed by atoms with Crippen LogP contribution in [0.4, 0.5) is 4.39 Å². The maximum absolute atomic E-state index is 13.4. The third-order valence-corrected chi connectivity index (χ3v) is 1.91. The van der Waals surface area contributed by atoms with Gasteiger partial charge in [0.2, 0.25) is 0 Å². The summed E-state index contributed by atoms with van der Waals surface area (Å²) in [7, 11) is 0. The Kier molecular flexibility index (Phi) is 2.88. The lowest BCUT2D eigenvalue weighted by molar-refractivity contribution is 0.200. The number of hydrogen-bond donors (Lipinski definition) is 2. The van der Waals surface area contributed by atoms with Crippen molar-refractivity contribution in [3.05, 3.63) is 29.8 Å². The van der Waals surface area contributed by atoms with Crippen molar-refractivity contribution in [1.29, 1.82) is 0 Å². The zero-order valence-corrected chi connectivity index (χ0v) is 7.63. The van der Waals surface area contributed by atoms with E-state index in [0.717, 1.165) is 5.56 Å². The van der Waals surface area contributed by atoms with Gasteiger partial charge in [0.15, 0.2) is 0 Å². The van der Waals surface area contributed by atoms with E-state index in [2.05, 4.69) is 0 Å². The molecule has 1 rings (SSSR count). The van der Waals surface area contributed by atoms with Crippen molar-refractivity contribution in [2.45, 2.75) is 19.0 Å². The number of phenolic OH excluding ortho intramolecular Hbond substituents is 1. The molecule has 3 N–H and O–H groups in total. The van der Waals surface area contributed by atoms with Gasteiger partial charge in [-0.05, 0) is 24.6 Å². The van der Waals surface area contributed by atoms with Gasteiger partial charge >= 0.3 is 0 Å². The second-order valence-corrected chi connectivity index (χ2v) is 3.46. The Hall–Kier alpha value is -1.09. The van der Waals surface area contributed by atoms with Crippen molar-refractivity contribution in [1.82, 2.24) is 0 Å². The van der Waals surface area contributed by atoms with Crippen LogP contribution in [-0.4, -0.2) is 17.3 Å². The number of benzene rings is 1. The number of nitrogens with two attached hydrogens (primary N) is 1. The molecule has 1 aromatic rings. The minimum absolute atomic E-state index is 0.0113. The second kappa shape index (κ2) is 3.75. The molecule has 0 aromatic heterocycles. The van der Waals surface area contributed by atoms with Gasteiger partial charge in [-0.1, -0.05) is 12.1 Å². The average Bonchev–Trinajstić information content (AvgIpc) is 2.03. The first kappa shape index (κ1) is 9.99. The van der Waals surface area contributed by atoms with Crippen LogP contribution >= 0.6 is 0 Å². The molecule has 2 nitrogen and oxygen atoms in total. The quantitative estimate of drug-likeness (QED) is 0.748. The molecular formula is C10H14FNO. The molecule has 72 valence electrons. The van der Waals surface area contributed by atoms with Gasteiger partial charge in [0.05, 0.1) is 0 Å². The monoisotopic (exact) mass is 183 g/mol. The van der Waals surface area contributed by atoms with Gasteiger partial charge in [-0.25, -0.2) is 4.39 Å². The fraction of sp³-hybridized carbons (Fsp3) is 0.400. The van der Waals surface area contributed by atoms with Crippen molar-refractivity contribution in [2.24, 2.45) is 5.73 Å². The molecule has 1 unspecified atom stereocenters. The first-order chi connectivity index (χ1) is 6.03. The third-order valence-electron chi connectivity index (χ3n) is 1.91. The third kappa shape index (κ3) is 3.03. The van der Waals surface area contributed by atoms with Crippen LogP contribution in [0.5, 0.6) is 5.75 Å². The molecule has 0 amide bonds. The van der Waals surface area contributed by atoms with E-state index in [0.29, 0.717) is 0 Å². The Morgan fingerprint density at radius 3 is 2.77 bits per heavy atom. The molecule has 1 aromatic carbocycles. The molecule has 0 heterocycles. The molecule has 0 aliphatic carbocycles. The lowest BCUT2D eigenvalue weighted by atomic mass is 9.98. The highest BCUT2D eigenvalue weighted by molar-refractivity contribution is 5.28. The zero-order chi connectivity index (χ0) is 9.90. The van der Waals surface area contributed by atoms with Crippen LogP contribution in [0.3, 0.4) is 0 Å². The van der Waals surface area contributed by atoms with Crippen molar-refractivity contribution >= 4 is 0 Å². The largest absolute Gasteiger partial charge is 0.508 e. The molecule has 0 radical (unpaired) electrons. The lowest BCUT2D eigenvalue weighted by Gasteiger charge is -2.17. The van der Waals surface area contributed by atoms with E-state index in [1.165, 1.54) is 6.92 Å². The predicted octanol–water partition coefficient (Wildman–Crippen LogP) is 1.62. The average molecular weight is 183 g/mol. The summed E-state index contributed by atoms with van der Waals surface area (Å²) in [5.41, 5.74) is 4.62. The number of rotatable bonds is 3. The summed E-state index contributed by atoms with van der Waals surface area (Å²) in [6.07, 6.45) is 0.234. The maximum atomic E-state index is 13.4. The van der Waals surface area contributed by atoms with Gasteiger partial charge in [-0.2, -0.15) is 0 Å². The molecule has 0 aliphatic rings. The van der Waals surface area contributed by atoms with Crippen LogP contribution in [0.25, 0.3) is 0 Å². The fourth-order valence-corrected chi connectivity index (χ4v) is 1.16. The van der Waals surface area contributed by atoms with Crippen molar-refractivity contribution in [3.63, 3.8) is 0 Å². The highest BCUT2D eigenvalue weighted by Crippen LogP contribution is 2.19. The van der Waals surface area contributed by atoms with Gasteiger partial charge < -0.3 is 10.8 Å². The molecule has 3 heteroatoms. The van der Waals surface area contributed by atoms with Gasteiger partial charge in [0, 0.05) is 13.0 Å². The molecule has 0 saturated heterocycles. The first-order valence-corrected chi connectivity index (χ1v) is 4.20. The number of phenols is 1. The minimum Gasteiger partial charge on any atom is -0.508 e. The van der Waals surface area contributed by atoms with Crippen LogP contribution in [-0.2, 0) is 6.42 Å². The summed E-state index contributed by atoms with van der Waals surface area (Å²) in [5, 5.41) is 9.13. The van der Waals surface area contributed by atoms with Gasteiger partial charge in [-0.3, -0.25) is 0 Å². The van der Waals surface area contributed by atoms with E-state index in [9.17, 15) is 4.39 Å². The van der Waals surface area contributed by atoms with E-state index in [1.807, 2.05) is 0 Å². The topological polar surface area (TPSA) is 46.2 Å². The van der Waals surface area contributed by atoms with E-state index in [4.69, 9.17) is 10.8 Å². The molecule has 0 fully saturated rings. The van der Waals surface area contributed by atoms with Gasteiger partial charge in [0.1, 0.15) is 11.4 Å². The Morgan fingerprint density at radius 2 is 2.23 bits per heavy atom. The summed E-state index contributed by atoms with van der Waals surface area (Å²) in [4.78, 5) is 0. The number of halogens is 1. The van der Waals surface area contributed by atoms with E-state index in [1.54, 1.807) is 24.3 Å². The highest BCUT2D eigenvalue weighted by Gasteiger charge is 2.21. The summed E-state index contributed by atoms with van der Waals surface area (Å²) in [6.45, 7) is 1.44. The summed E-state index contributed by atoms with van der Waals surface area (Å²) in [5.74, 6) is 0.158. The first-order valence-electron chi connectivity index (χ1n) is 4.20. The summed E-state index contributed by atoms with van der Waals surface area (Å²) in [6, 6.07) is 6.57. The molecular weight excluding hydrogens is 169 g/mol. The van der Waals surface area contributed by atoms with Crippen molar-refractivity contribution in [2.75, 3.05) is 6.54 Å². The van der Waals surface area contributed by atoms with Crippen LogP contribution < -0.4 is 5.73 Å². The molecule has 1 atom stereocenters. The van der Waals surface area contributed by atoms with Gasteiger partial charge in [0.25, 0.3) is 0 Å². The number of aromatic hydroxyl groups is 1. The molecule has 13 heavy (non-hydrogen) atoms. The normalized spacial score (nSPS) is 15.3. The number of hydrogen-bond acceptors (Lipinski definition) is 2. The van der Waals surface area contributed by atoms with Crippen LogP contribution in [0, 0.1) is 0 Å². The van der Waals surface area contributed by atoms with E-state index in [-0.39, 0.29) is 18.7 Å². The Balaban J connectivity index is 2.74. The Labute approximate surface area is 77.2 Å². The Bertz CT molecular complexity index is 286. The molecule has 0 spiro atoms. The Morgan fingerprint density at radius 1 is 1.54 bits per heavy atom. The number of alkyl halides is 1. The second-order valence-electron chi connectivity index (χ2n) is 3.46. The molecule has 0 aliphatic heterocycles. The van der Waals surface area contributed by atoms with Crippen molar-refractivity contribution in [3.8, 4) is 5.75 Å². The van der Waals surface area contributed by atoms with Crippen molar-refractivity contribution < 1.29 is 9.50 Å². The maximum Gasteiger partial charge on any atom is 0.124 e.